The Morgan fingerprint density at radius 3 is 2.58 bits per heavy atom. The van der Waals surface area contributed by atoms with Crippen LogP contribution in [0.25, 0.3) is 10.9 Å². The third kappa shape index (κ3) is 8.58. The van der Waals surface area contributed by atoms with Gasteiger partial charge in [-0.3, -0.25) is 4.98 Å². The average Bonchev–Trinajstić information content (AvgIpc) is 2.88. The van der Waals surface area contributed by atoms with Crippen LogP contribution in [-0.2, 0) is 11.3 Å². The molecule has 0 aliphatic carbocycles. The Balaban J connectivity index is 0.00000253. The van der Waals surface area contributed by atoms with Crippen molar-refractivity contribution in [2.75, 3.05) is 39.2 Å². The summed E-state index contributed by atoms with van der Waals surface area (Å²) >= 11 is 6.51. The molecule has 0 amide bonds. The van der Waals surface area contributed by atoms with Crippen molar-refractivity contribution < 1.29 is 14.2 Å². The first-order valence-corrected chi connectivity index (χ1v) is 12.1. The van der Waals surface area contributed by atoms with Crippen LogP contribution in [0.1, 0.15) is 12.6 Å². The van der Waals surface area contributed by atoms with Crippen molar-refractivity contribution >= 4 is 58.8 Å². The maximum Gasteiger partial charge on any atom is 0.145 e. The number of likely N-dealkylation sites (N-methyl/N-ethyl adjacent to an activating group) is 1. The Hall–Kier alpha value is -2.88. The van der Waals surface area contributed by atoms with E-state index in [2.05, 4.69) is 25.2 Å². The number of nitrogens with one attached hydrogen (secondary N) is 1. The molecule has 4 rings (SSSR count). The minimum absolute atomic E-state index is 0. The van der Waals surface area contributed by atoms with Gasteiger partial charge in [0.15, 0.2) is 0 Å². The lowest BCUT2D eigenvalue weighted by Crippen LogP contribution is -2.33. The second kappa shape index (κ2) is 15.5. The predicted molar refractivity (Wildman–Crippen MR) is 157 cm³/mol. The SMILES string of the molecule is COCCN(C)CC(C)Oc1cccc2ncnc(Nc3ccc(OCc4ccccn4)c(Cl)c3)c12.Cl.Cl. The lowest BCUT2D eigenvalue weighted by atomic mass is 10.2. The fraction of sp³-hybridized carbons (Fsp3) is 0.296. The molecule has 8 nitrogen and oxygen atoms in total. The summed E-state index contributed by atoms with van der Waals surface area (Å²) < 4.78 is 17.3. The number of aromatic nitrogens is 3. The number of fused-ring (bicyclic) bond motifs is 1. The van der Waals surface area contributed by atoms with Gasteiger partial charge in [-0.1, -0.05) is 23.7 Å². The van der Waals surface area contributed by atoms with Gasteiger partial charge in [-0.05, 0) is 56.4 Å². The van der Waals surface area contributed by atoms with Crippen LogP contribution in [0.2, 0.25) is 5.02 Å². The molecule has 2 aromatic carbocycles. The predicted octanol–water partition coefficient (Wildman–Crippen LogP) is 6.19. The molecule has 1 atom stereocenters. The minimum atomic E-state index is -0.0458. The number of pyridine rings is 1. The third-order valence-electron chi connectivity index (χ3n) is 5.50. The first-order chi connectivity index (χ1) is 17.5. The van der Waals surface area contributed by atoms with E-state index in [9.17, 15) is 0 Å². The van der Waals surface area contributed by atoms with E-state index in [1.54, 1.807) is 19.4 Å². The lowest BCUT2D eigenvalue weighted by molar-refractivity contribution is 0.125. The summed E-state index contributed by atoms with van der Waals surface area (Å²) in [7, 11) is 3.75. The summed E-state index contributed by atoms with van der Waals surface area (Å²) in [6.07, 6.45) is 3.22. The van der Waals surface area contributed by atoms with E-state index in [1.165, 1.54) is 6.33 Å². The Morgan fingerprint density at radius 1 is 1.00 bits per heavy atom. The van der Waals surface area contributed by atoms with Crippen LogP contribution < -0.4 is 14.8 Å². The molecule has 0 saturated carbocycles. The molecule has 11 heteroatoms. The second-order valence-electron chi connectivity index (χ2n) is 8.44. The van der Waals surface area contributed by atoms with Crippen LogP contribution in [0.3, 0.4) is 0 Å². The Bertz CT molecular complexity index is 1280. The van der Waals surface area contributed by atoms with E-state index in [0.29, 0.717) is 35.6 Å². The summed E-state index contributed by atoms with van der Waals surface area (Å²) in [6.45, 7) is 4.64. The quantitative estimate of drug-likeness (QED) is 0.212. The van der Waals surface area contributed by atoms with Gasteiger partial charge < -0.3 is 24.4 Å². The highest BCUT2D eigenvalue weighted by Gasteiger charge is 2.15. The van der Waals surface area contributed by atoms with E-state index in [-0.39, 0.29) is 30.9 Å². The van der Waals surface area contributed by atoms with Crippen LogP contribution in [0.4, 0.5) is 11.5 Å². The maximum atomic E-state index is 6.51. The molecule has 1 unspecified atom stereocenters. The number of ether oxygens (including phenoxy) is 3. The molecule has 4 aromatic rings. The summed E-state index contributed by atoms with van der Waals surface area (Å²) in [5.74, 6) is 1.93. The number of methoxy groups -OCH3 is 1. The first kappa shape index (κ1) is 31.3. The van der Waals surface area contributed by atoms with Gasteiger partial charge >= 0.3 is 0 Å². The highest BCUT2D eigenvalue weighted by Crippen LogP contribution is 2.34. The molecule has 0 aliphatic rings. The van der Waals surface area contributed by atoms with E-state index < -0.39 is 0 Å². The molecule has 2 heterocycles. The summed E-state index contributed by atoms with van der Waals surface area (Å²) in [4.78, 5) is 15.4. The second-order valence-corrected chi connectivity index (χ2v) is 8.84. The van der Waals surface area contributed by atoms with Crippen molar-refractivity contribution in [3.63, 3.8) is 0 Å². The Morgan fingerprint density at radius 2 is 1.84 bits per heavy atom. The van der Waals surface area contributed by atoms with Crippen LogP contribution in [0.15, 0.2) is 67.1 Å². The van der Waals surface area contributed by atoms with Crippen LogP contribution >= 0.6 is 36.4 Å². The van der Waals surface area contributed by atoms with Gasteiger partial charge in [-0.25, -0.2) is 9.97 Å². The van der Waals surface area contributed by atoms with Crippen molar-refractivity contribution in [1.29, 1.82) is 0 Å². The zero-order valence-electron chi connectivity index (χ0n) is 21.5. The topological polar surface area (TPSA) is 81.6 Å². The van der Waals surface area contributed by atoms with Gasteiger partial charge in [0.05, 0.1) is 28.2 Å². The minimum Gasteiger partial charge on any atom is -0.489 e. The maximum absolute atomic E-state index is 6.51. The molecule has 2 aromatic heterocycles. The third-order valence-corrected chi connectivity index (χ3v) is 5.79. The van der Waals surface area contributed by atoms with Crippen LogP contribution in [0.5, 0.6) is 11.5 Å². The number of hydrogen-bond acceptors (Lipinski definition) is 8. The standard InChI is InChI=1S/C27H30ClN5O3.2ClH/c1-19(16-33(2)13-14-34-3)36-25-9-6-8-23-26(25)27(31-18-30-23)32-20-10-11-24(22(28)15-20)35-17-21-7-4-5-12-29-21;;/h4-12,15,18-19H,13-14,16-17H2,1-3H3,(H,30,31,32);2*1H. The number of anilines is 2. The smallest absolute Gasteiger partial charge is 0.145 e. The fourth-order valence-electron chi connectivity index (χ4n) is 3.77. The molecule has 0 radical (unpaired) electrons. The Labute approximate surface area is 240 Å². The van der Waals surface area contributed by atoms with Crippen LogP contribution in [-0.4, -0.2) is 59.8 Å². The number of hydrogen-bond donors (Lipinski definition) is 1. The van der Waals surface area contributed by atoms with Crippen molar-refractivity contribution in [2.24, 2.45) is 0 Å². The van der Waals surface area contributed by atoms with Gasteiger partial charge in [0.25, 0.3) is 0 Å². The molecule has 0 saturated heterocycles. The first-order valence-electron chi connectivity index (χ1n) is 11.7. The molecule has 38 heavy (non-hydrogen) atoms. The van der Waals surface area contributed by atoms with Crippen molar-refractivity contribution in [3.8, 4) is 11.5 Å². The van der Waals surface area contributed by atoms with Crippen molar-refractivity contribution in [1.82, 2.24) is 19.9 Å². The fourth-order valence-corrected chi connectivity index (χ4v) is 4.01. The van der Waals surface area contributed by atoms with Gasteiger partial charge in [0.2, 0.25) is 0 Å². The number of nitrogens with zero attached hydrogens (tertiary/aromatic N) is 4. The molecule has 204 valence electrons. The monoisotopic (exact) mass is 579 g/mol. The molecular formula is C27H32Cl3N5O3. The van der Waals surface area contributed by atoms with Crippen molar-refractivity contribution in [2.45, 2.75) is 19.6 Å². The van der Waals surface area contributed by atoms with Gasteiger partial charge in [-0.2, -0.15) is 0 Å². The normalized spacial score (nSPS) is 11.4. The van der Waals surface area contributed by atoms with Gasteiger partial charge in [0, 0.05) is 32.1 Å². The van der Waals surface area contributed by atoms with Crippen molar-refractivity contribution in [3.05, 3.63) is 77.8 Å². The molecule has 0 spiro atoms. The zero-order valence-corrected chi connectivity index (χ0v) is 23.9. The van der Waals surface area contributed by atoms with Crippen LogP contribution in [0, 0.1) is 0 Å². The van der Waals surface area contributed by atoms with E-state index in [0.717, 1.165) is 35.4 Å². The largest absolute Gasteiger partial charge is 0.489 e. The summed E-state index contributed by atoms with van der Waals surface area (Å²) in [5, 5.41) is 4.65. The highest BCUT2D eigenvalue weighted by atomic mass is 35.5. The van der Waals surface area contributed by atoms with Gasteiger partial charge in [0.1, 0.15) is 36.4 Å². The molecule has 0 fully saturated rings. The molecular weight excluding hydrogens is 549 g/mol. The lowest BCUT2D eigenvalue weighted by Gasteiger charge is -2.23. The van der Waals surface area contributed by atoms with E-state index >= 15 is 0 Å². The van der Waals surface area contributed by atoms with Gasteiger partial charge in [-0.15, -0.1) is 24.8 Å². The molecule has 1 N–H and O–H groups in total. The molecule has 0 aliphatic heterocycles. The average molecular weight is 581 g/mol. The van der Waals surface area contributed by atoms with E-state index in [1.807, 2.05) is 62.5 Å². The highest BCUT2D eigenvalue weighted by molar-refractivity contribution is 6.32. The zero-order chi connectivity index (χ0) is 25.3. The number of rotatable bonds is 12. The van der Waals surface area contributed by atoms with E-state index in [4.69, 9.17) is 25.8 Å². The molecule has 0 bridgehead atoms. The summed E-state index contributed by atoms with van der Waals surface area (Å²) in [6, 6.07) is 17.0. The Kier molecular flexibility index (Phi) is 12.8. The number of halogens is 3. The summed E-state index contributed by atoms with van der Waals surface area (Å²) in [5.41, 5.74) is 2.38. The number of benzene rings is 2.